The van der Waals surface area contributed by atoms with Crippen LogP contribution in [-0.4, -0.2) is 23.7 Å². The van der Waals surface area contributed by atoms with Crippen molar-refractivity contribution in [2.45, 2.75) is 19.8 Å². The Morgan fingerprint density at radius 3 is 1.55 bits per heavy atom. The highest BCUT2D eigenvalue weighted by molar-refractivity contribution is 5.83. The molecule has 2 aromatic rings. The normalized spacial score (nSPS) is 9.32. The topological polar surface area (TPSA) is 63.6 Å². The van der Waals surface area contributed by atoms with E-state index < -0.39 is 6.16 Å². The Labute approximate surface area is 130 Å². The predicted octanol–water partition coefficient (Wildman–Crippen LogP) is 3.74. The Kier molecular flexibility index (Phi) is 8.05. The standard InChI is InChI=1S/C15H14O.C3H6O3/c16-15(11-13-7-3-1-4-8-13)12-14-9-5-2-6-10-14;1-2-6-3(4)5/h1-10H,11-12H2;2H2,1H3,(H,4,5). The molecule has 0 aliphatic carbocycles. The molecule has 0 unspecified atom stereocenters. The zero-order chi connectivity index (χ0) is 16.2. The molecule has 0 atom stereocenters. The predicted molar refractivity (Wildman–Crippen MR) is 84.9 cm³/mol. The Bertz CT molecular complexity index is 521. The van der Waals surface area contributed by atoms with Crippen LogP contribution in [0.15, 0.2) is 60.7 Å². The second-order valence-electron chi connectivity index (χ2n) is 4.56. The van der Waals surface area contributed by atoms with Gasteiger partial charge in [-0.3, -0.25) is 4.79 Å². The first-order valence-corrected chi connectivity index (χ1v) is 7.07. The number of carbonyl (C=O) groups is 2. The molecule has 2 aromatic carbocycles. The molecule has 0 bridgehead atoms. The number of ether oxygens (including phenoxy) is 1. The van der Waals surface area contributed by atoms with Crippen molar-refractivity contribution in [2.75, 3.05) is 6.61 Å². The lowest BCUT2D eigenvalue weighted by Gasteiger charge is -2.01. The Morgan fingerprint density at radius 1 is 0.864 bits per heavy atom. The van der Waals surface area contributed by atoms with E-state index in [1.54, 1.807) is 6.92 Å². The largest absolute Gasteiger partial charge is 0.505 e. The Morgan fingerprint density at radius 2 is 1.27 bits per heavy atom. The summed E-state index contributed by atoms with van der Waals surface area (Å²) in [5.74, 6) is 0.261. The zero-order valence-corrected chi connectivity index (χ0v) is 12.6. The molecule has 1 N–H and O–H groups in total. The summed E-state index contributed by atoms with van der Waals surface area (Å²) in [6.07, 6.45) is -0.164. The summed E-state index contributed by atoms with van der Waals surface area (Å²) in [6, 6.07) is 19.7. The fourth-order valence-electron chi connectivity index (χ4n) is 1.83. The number of carboxylic acid groups (broad SMARTS) is 1. The second-order valence-corrected chi connectivity index (χ2v) is 4.56. The van der Waals surface area contributed by atoms with Crippen LogP contribution in [0.25, 0.3) is 0 Å². The van der Waals surface area contributed by atoms with Gasteiger partial charge >= 0.3 is 6.16 Å². The summed E-state index contributed by atoms with van der Waals surface area (Å²) in [4.78, 5) is 21.2. The lowest BCUT2D eigenvalue weighted by molar-refractivity contribution is -0.117. The summed E-state index contributed by atoms with van der Waals surface area (Å²) in [6.45, 7) is 1.85. The van der Waals surface area contributed by atoms with Gasteiger partial charge < -0.3 is 9.84 Å². The van der Waals surface area contributed by atoms with Gasteiger partial charge in [0.05, 0.1) is 6.61 Å². The van der Waals surface area contributed by atoms with Crippen molar-refractivity contribution in [1.82, 2.24) is 0 Å². The van der Waals surface area contributed by atoms with E-state index in [2.05, 4.69) is 4.74 Å². The van der Waals surface area contributed by atoms with Crippen LogP contribution in [0.4, 0.5) is 4.79 Å². The average molecular weight is 300 g/mol. The zero-order valence-electron chi connectivity index (χ0n) is 12.6. The van der Waals surface area contributed by atoms with Crippen LogP contribution >= 0.6 is 0 Å². The summed E-state index contributed by atoms with van der Waals surface area (Å²) in [5, 5.41) is 7.69. The molecule has 116 valence electrons. The van der Waals surface area contributed by atoms with Crippen molar-refractivity contribution in [1.29, 1.82) is 0 Å². The lowest BCUT2D eigenvalue weighted by Crippen LogP contribution is -2.06. The van der Waals surface area contributed by atoms with Gasteiger partial charge in [-0.2, -0.15) is 0 Å². The molecule has 4 heteroatoms. The number of carbonyl (C=O) groups excluding carboxylic acids is 1. The minimum Gasteiger partial charge on any atom is -0.450 e. The first-order valence-electron chi connectivity index (χ1n) is 7.07. The molecule has 0 aliphatic heterocycles. The third kappa shape index (κ3) is 7.85. The van der Waals surface area contributed by atoms with Gasteiger partial charge in [0.15, 0.2) is 0 Å². The fraction of sp³-hybridized carbons (Fsp3) is 0.222. The summed E-state index contributed by atoms with van der Waals surface area (Å²) < 4.78 is 3.96. The van der Waals surface area contributed by atoms with E-state index in [0.717, 1.165) is 11.1 Å². The van der Waals surface area contributed by atoms with Gasteiger partial charge in [0.1, 0.15) is 5.78 Å². The number of benzene rings is 2. The number of Topliss-reactive ketones (excluding diaryl/α,β-unsaturated/α-hetero) is 1. The van der Waals surface area contributed by atoms with Crippen LogP contribution in [0, 0.1) is 0 Å². The van der Waals surface area contributed by atoms with Gasteiger partial charge in [-0.05, 0) is 18.1 Å². The molecule has 0 radical (unpaired) electrons. The molecular weight excluding hydrogens is 280 g/mol. The maximum atomic E-state index is 11.8. The van der Waals surface area contributed by atoms with E-state index in [9.17, 15) is 9.59 Å². The van der Waals surface area contributed by atoms with Gasteiger partial charge in [-0.25, -0.2) is 4.79 Å². The Hall–Kier alpha value is -2.62. The molecule has 4 nitrogen and oxygen atoms in total. The first kappa shape index (κ1) is 17.4. The van der Waals surface area contributed by atoms with Crippen molar-refractivity contribution in [2.24, 2.45) is 0 Å². The van der Waals surface area contributed by atoms with Crippen LogP contribution in [0.3, 0.4) is 0 Å². The molecule has 0 saturated carbocycles. The monoisotopic (exact) mass is 300 g/mol. The first-order chi connectivity index (χ1) is 10.6. The molecule has 0 amide bonds. The highest BCUT2D eigenvalue weighted by atomic mass is 16.7. The van der Waals surface area contributed by atoms with Crippen molar-refractivity contribution in [3.05, 3.63) is 71.8 Å². The molecule has 22 heavy (non-hydrogen) atoms. The van der Waals surface area contributed by atoms with Crippen molar-refractivity contribution in [3.63, 3.8) is 0 Å². The van der Waals surface area contributed by atoms with E-state index >= 15 is 0 Å². The third-order valence-electron chi connectivity index (χ3n) is 2.76. The smallest absolute Gasteiger partial charge is 0.450 e. The highest BCUT2D eigenvalue weighted by Gasteiger charge is 2.04. The summed E-state index contributed by atoms with van der Waals surface area (Å²) in [7, 11) is 0. The van der Waals surface area contributed by atoms with Crippen LogP contribution in [0.1, 0.15) is 18.1 Å². The van der Waals surface area contributed by atoms with Crippen LogP contribution in [0.5, 0.6) is 0 Å². The second kappa shape index (κ2) is 10.2. The minimum atomic E-state index is -1.21. The lowest BCUT2D eigenvalue weighted by atomic mass is 10.0. The van der Waals surface area contributed by atoms with Gasteiger partial charge in [0.2, 0.25) is 0 Å². The number of ketones is 1. The quantitative estimate of drug-likeness (QED) is 0.854. The molecular formula is C18H20O4. The van der Waals surface area contributed by atoms with Crippen LogP contribution in [-0.2, 0) is 22.4 Å². The molecule has 0 spiro atoms. The van der Waals surface area contributed by atoms with E-state index in [4.69, 9.17) is 5.11 Å². The van der Waals surface area contributed by atoms with Crippen molar-refractivity contribution < 1.29 is 19.4 Å². The molecule has 0 heterocycles. The van der Waals surface area contributed by atoms with E-state index in [1.807, 2.05) is 60.7 Å². The van der Waals surface area contributed by atoms with Crippen molar-refractivity contribution >= 4 is 11.9 Å². The minimum absolute atomic E-state index is 0.231. The molecule has 0 saturated heterocycles. The third-order valence-corrected chi connectivity index (χ3v) is 2.76. The van der Waals surface area contributed by atoms with Crippen molar-refractivity contribution in [3.8, 4) is 0 Å². The van der Waals surface area contributed by atoms with Crippen LogP contribution < -0.4 is 0 Å². The molecule has 0 aliphatic rings. The highest BCUT2D eigenvalue weighted by Crippen LogP contribution is 2.05. The Balaban J connectivity index is 0.000000346. The van der Waals surface area contributed by atoms with Gasteiger partial charge in [-0.15, -0.1) is 0 Å². The van der Waals surface area contributed by atoms with E-state index in [1.165, 1.54) is 0 Å². The molecule has 0 fully saturated rings. The number of hydrogen-bond donors (Lipinski definition) is 1. The van der Waals surface area contributed by atoms with Gasteiger partial charge in [0.25, 0.3) is 0 Å². The number of hydrogen-bond acceptors (Lipinski definition) is 3. The number of rotatable bonds is 5. The molecule has 2 rings (SSSR count). The molecule has 0 aromatic heterocycles. The average Bonchev–Trinajstić information content (AvgIpc) is 2.49. The summed E-state index contributed by atoms with van der Waals surface area (Å²) >= 11 is 0. The van der Waals surface area contributed by atoms with Gasteiger partial charge in [0, 0.05) is 12.8 Å². The SMILES string of the molecule is CCOC(=O)O.O=C(Cc1ccccc1)Cc1ccccc1. The van der Waals surface area contributed by atoms with E-state index in [-0.39, 0.29) is 12.4 Å². The van der Waals surface area contributed by atoms with Crippen LogP contribution in [0.2, 0.25) is 0 Å². The summed E-state index contributed by atoms with van der Waals surface area (Å²) in [5.41, 5.74) is 2.17. The maximum Gasteiger partial charge on any atom is 0.505 e. The van der Waals surface area contributed by atoms with E-state index in [0.29, 0.717) is 12.8 Å². The van der Waals surface area contributed by atoms with Gasteiger partial charge in [-0.1, -0.05) is 60.7 Å². The fourth-order valence-corrected chi connectivity index (χ4v) is 1.83. The maximum absolute atomic E-state index is 11.8.